The Morgan fingerprint density at radius 1 is 1.03 bits per heavy atom. The lowest BCUT2D eigenvalue weighted by Crippen LogP contribution is -2.36. The number of aryl methyl sites for hydroxylation is 1. The van der Waals surface area contributed by atoms with Crippen LogP contribution in [0.4, 0.5) is 0 Å². The third-order valence-electron chi connectivity index (χ3n) is 4.90. The minimum Gasteiger partial charge on any atom is -0.463 e. The highest BCUT2D eigenvalue weighted by molar-refractivity contribution is 6.31. The molecule has 1 aromatic heterocycles. The molecule has 0 spiro atoms. The van der Waals surface area contributed by atoms with Gasteiger partial charge in [-0.15, -0.1) is 0 Å². The highest BCUT2D eigenvalue weighted by Crippen LogP contribution is 2.26. The Balaban J connectivity index is 1.87. The average molecular weight is 444 g/mol. The fourth-order valence-electron chi connectivity index (χ4n) is 3.59. The topological polar surface area (TPSA) is 82.3 Å². The molecule has 0 bridgehead atoms. The molecule has 1 N–H and O–H groups in total. The van der Waals surface area contributed by atoms with Crippen molar-refractivity contribution < 1.29 is 14.3 Å². The molecule has 0 fully saturated rings. The van der Waals surface area contributed by atoms with Crippen molar-refractivity contribution in [1.82, 2.24) is 14.5 Å². The van der Waals surface area contributed by atoms with Crippen molar-refractivity contribution in [2.24, 2.45) is 0 Å². The molecule has 164 valence electrons. The van der Waals surface area contributed by atoms with Crippen molar-refractivity contribution in [3.05, 3.63) is 69.6 Å². The molecule has 8 heteroatoms. The third kappa shape index (κ3) is 5.17. The first-order valence-electron chi connectivity index (χ1n) is 10.2. The Hall–Kier alpha value is -3.06. The summed E-state index contributed by atoms with van der Waals surface area (Å²) in [5.74, 6) is -0.844. The van der Waals surface area contributed by atoms with E-state index in [2.05, 4.69) is 5.32 Å². The number of nitrogens with zero attached hydrogens (tertiary/aromatic N) is 2. The van der Waals surface area contributed by atoms with E-state index in [-0.39, 0.29) is 24.8 Å². The number of rotatable bonds is 8. The molecule has 3 rings (SSSR count). The molecule has 1 heterocycles. The predicted molar refractivity (Wildman–Crippen MR) is 120 cm³/mol. The minimum absolute atomic E-state index is 0.0702. The first kappa shape index (κ1) is 22.6. The van der Waals surface area contributed by atoms with Crippen molar-refractivity contribution in [3.8, 4) is 0 Å². The standard InChI is InChI=1S/C23H26ClN3O4/c1-4-26-19-11-7-8-12-20(19)27(23(26)30)14-21(28)25-18(13-22(29)31-15(2)3)16-9-5-6-10-17(16)24/h5-12,15,18H,4,13-14H2,1-3H3,(H,25,28). The fraction of sp³-hybridized carbons (Fsp3) is 0.348. The van der Waals surface area contributed by atoms with E-state index in [0.717, 1.165) is 5.52 Å². The number of aromatic nitrogens is 2. The second kappa shape index (κ2) is 9.83. The van der Waals surface area contributed by atoms with E-state index in [9.17, 15) is 14.4 Å². The summed E-state index contributed by atoms with van der Waals surface area (Å²) in [5.41, 5.74) is 1.80. The number of carbonyl (C=O) groups excluding carboxylic acids is 2. The zero-order valence-electron chi connectivity index (χ0n) is 17.8. The van der Waals surface area contributed by atoms with Gasteiger partial charge in [-0.1, -0.05) is 41.9 Å². The van der Waals surface area contributed by atoms with Gasteiger partial charge in [-0.3, -0.25) is 18.7 Å². The maximum atomic E-state index is 12.9. The van der Waals surface area contributed by atoms with Gasteiger partial charge in [0.2, 0.25) is 5.91 Å². The zero-order chi connectivity index (χ0) is 22.5. The van der Waals surface area contributed by atoms with Gasteiger partial charge in [0.15, 0.2) is 0 Å². The molecule has 0 aliphatic carbocycles. The van der Waals surface area contributed by atoms with Gasteiger partial charge in [0.1, 0.15) is 6.54 Å². The number of hydrogen-bond acceptors (Lipinski definition) is 4. The number of carbonyl (C=O) groups is 2. The molecular weight excluding hydrogens is 418 g/mol. The maximum absolute atomic E-state index is 12.9. The van der Waals surface area contributed by atoms with E-state index < -0.39 is 17.9 Å². The highest BCUT2D eigenvalue weighted by Gasteiger charge is 2.23. The molecular formula is C23H26ClN3O4. The van der Waals surface area contributed by atoms with Crippen LogP contribution in [0, 0.1) is 0 Å². The summed E-state index contributed by atoms with van der Waals surface area (Å²) in [6, 6.07) is 13.7. The van der Waals surface area contributed by atoms with E-state index in [0.29, 0.717) is 22.6 Å². The van der Waals surface area contributed by atoms with Gasteiger partial charge >= 0.3 is 11.7 Å². The molecule has 31 heavy (non-hydrogen) atoms. The summed E-state index contributed by atoms with van der Waals surface area (Å²) in [4.78, 5) is 38.0. The molecule has 2 aromatic carbocycles. The van der Waals surface area contributed by atoms with E-state index in [4.69, 9.17) is 16.3 Å². The Morgan fingerprint density at radius 2 is 1.65 bits per heavy atom. The van der Waals surface area contributed by atoms with Gasteiger partial charge in [-0.25, -0.2) is 4.79 Å². The quantitative estimate of drug-likeness (QED) is 0.538. The van der Waals surface area contributed by atoms with E-state index in [1.54, 1.807) is 42.7 Å². The van der Waals surface area contributed by atoms with Gasteiger partial charge in [0.25, 0.3) is 0 Å². The number of para-hydroxylation sites is 2. The number of nitrogens with one attached hydrogen (secondary N) is 1. The lowest BCUT2D eigenvalue weighted by Gasteiger charge is -2.20. The van der Waals surface area contributed by atoms with Crippen LogP contribution in [0.1, 0.15) is 38.8 Å². The van der Waals surface area contributed by atoms with E-state index >= 15 is 0 Å². The van der Waals surface area contributed by atoms with Crippen molar-refractivity contribution in [2.75, 3.05) is 0 Å². The highest BCUT2D eigenvalue weighted by atomic mass is 35.5. The van der Waals surface area contributed by atoms with Crippen LogP contribution in [-0.2, 0) is 27.4 Å². The molecule has 0 radical (unpaired) electrons. The maximum Gasteiger partial charge on any atom is 0.329 e. The Labute approximate surface area is 185 Å². The summed E-state index contributed by atoms with van der Waals surface area (Å²) >= 11 is 6.32. The number of hydrogen-bond donors (Lipinski definition) is 1. The molecule has 0 aliphatic heterocycles. The number of amides is 1. The van der Waals surface area contributed by atoms with E-state index in [1.165, 1.54) is 4.57 Å². The minimum atomic E-state index is -0.678. The number of fused-ring (bicyclic) bond motifs is 1. The van der Waals surface area contributed by atoms with Gasteiger partial charge in [-0.2, -0.15) is 0 Å². The second-order valence-electron chi connectivity index (χ2n) is 7.49. The Morgan fingerprint density at radius 3 is 2.26 bits per heavy atom. The summed E-state index contributed by atoms with van der Waals surface area (Å²) < 4.78 is 8.30. The van der Waals surface area contributed by atoms with Crippen LogP contribution < -0.4 is 11.0 Å². The second-order valence-corrected chi connectivity index (χ2v) is 7.89. The summed E-state index contributed by atoms with van der Waals surface area (Å²) in [6.07, 6.45) is -0.340. The lowest BCUT2D eigenvalue weighted by atomic mass is 10.0. The number of benzene rings is 2. The monoisotopic (exact) mass is 443 g/mol. The fourth-order valence-corrected chi connectivity index (χ4v) is 3.86. The van der Waals surface area contributed by atoms with Crippen molar-refractivity contribution in [2.45, 2.75) is 52.4 Å². The van der Waals surface area contributed by atoms with Crippen LogP contribution in [0.3, 0.4) is 0 Å². The molecule has 1 atom stereocenters. The molecule has 0 aliphatic rings. The van der Waals surface area contributed by atoms with Crippen LogP contribution in [0.25, 0.3) is 11.0 Å². The van der Waals surface area contributed by atoms with Gasteiger partial charge in [0.05, 0.1) is 29.6 Å². The normalized spacial score (nSPS) is 12.2. The van der Waals surface area contributed by atoms with Crippen LogP contribution in [-0.4, -0.2) is 27.1 Å². The largest absolute Gasteiger partial charge is 0.463 e. The smallest absolute Gasteiger partial charge is 0.329 e. The molecule has 7 nitrogen and oxygen atoms in total. The van der Waals surface area contributed by atoms with Crippen LogP contribution in [0.2, 0.25) is 5.02 Å². The van der Waals surface area contributed by atoms with Crippen molar-refractivity contribution in [3.63, 3.8) is 0 Å². The SMILES string of the molecule is CCn1c(=O)n(CC(=O)NC(CC(=O)OC(C)C)c2ccccc2Cl)c2ccccc21. The van der Waals surface area contributed by atoms with Gasteiger partial charge in [0, 0.05) is 11.6 Å². The Kier molecular flexibility index (Phi) is 7.17. The van der Waals surface area contributed by atoms with Crippen LogP contribution in [0.15, 0.2) is 53.3 Å². The van der Waals surface area contributed by atoms with E-state index in [1.807, 2.05) is 31.2 Å². The van der Waals surface area contributed by atoms with Gasteiger partial charge < -0.3 is 10.1 Å². The summed E-state index contributed by atoms with van der Waals surface area (Å²) in [6.45, 7) is 5.73. The number of ether oxygens (including phenoxy) is 1. The molecule has 0 saturated heterocycles. The molecule has 1 amide bonds. The predicted octanol–water partition coefficient (Wildman–Crippen LogP) is 3.68. The number of esters is 1. The average Bonchev–Trinajstić information content (AvgIpc) is 2.98. The summed E-state index contributed by atoms with van der Waals surface area (Å²) in [5, 5.41) is 3.29. The summed E-state index contributed by atoms with van der Waals surface area (Å²) in [7, 11) is 0. The Bertz CT molecular complexity index is 1150. The molecule has 3 aromatic rings. The number of halogens is 1. The number of imidazole rings is 1. The molecule has 0 saturated carbocycles. The molecule has 1 unspecified atom stereocenters. The van der Waals surface area contributed by atoms with Crippen molar-refractivity contribution >= 4 is 34.5 Å². The van der Waals surface area contributed by atoms with Crippen LogP contribution in [0.5, 0.6) is 0 Å². The van der Waals surface area contributed by atoms with Crippen LogP contribution >= 0.6 is 11.6 Å². The first-order valence-corrected chi connectivity index (χ1v) is 10.6. The third-order valence-corrected chi connectivity index (χ3v) is 5.24. The van der Waals surface area contributed by atoms with Crippen molar-refractivity contribution in [1.29, 1.82) is 0 Å². The lowest BCUT2D eigenvalue weighted by molar-refractivity contribution is -0.148. The van der Waals surface area contributed by atoms with Gasteiger partial charge in [-0.05, 0) is 44.5 Å². The zero-order valence-corrected chi connectivity index (χ0v) is 18.6. The first-order chi connectivity index (χ1) is 14.8.